The van der Waals surface area contributed by atoms with Gasteiger partial charge in [0.1, 0.15) is 29.8 Å². The number of benzene rings is 2. The third-order valence-electron chi connectivity index (χ3n) is 4.29. The van der Waals surface area contributed by atoms with E-state index in [4.69, 9.17) is 19.0 Å². The van der Waals surface area contributed by atoms with Crippen molar-refractivity contribution in [2.75, 3.05) is 11.9 Å². The van der Waals surface area contributed by atoms with Gasteiger partial charge in [0.25, 0.3) is 5.91 Å². The molecule has 3 rings (SSSR count). The molecule has 168 valence electrons. The Kier molecular flexibility index (Phi) is 7.44. The maximum absolute atomic E-state index is 13.0. The molecular formula is C24H19FN2O6. The monoisotopic (exact) mass is 450 g/mol. The van der Waals surface area contributed by atoms with Gasteiger partial charge in [0, 0.05) is 5.69 Å². The van der Waals surface area contributed by atoms with Crippen molar-refractivity contribution in [1.29, 1.82) is 5.26 Å². The van der Waals surface area contributed by atoms with Gasteiger partial charge in [-0.15, -0.1) is 0 Å². The SMILES string of the molecule is CCOc1cc(C=C(C#N)C(=O)Nc2ccc(F)cc2)ccc1OCc1ccc(C(=O)O)o1. The Hall–Kier alpha value is -4.58. The molecule has 1 amide bonds. The van der Waals surface area contributed by atoms with E-state index in [2.05, 4.69) is 5.32 Å². The van der Waals surface area contributed by atoms with Crippen molar-refractivity contribution < 1.29 is 33.0 Å². The highest BCUT2D eigenvalue weighted by molar-refractivity contribution is 6.09. The van der Waals surface area contributed by atoms with Gasteiger partial charge in [-0.2, -0.15) is 5.26 Å². The fraction of sp³-hybridized carbons (Fsp3) is 0.125. The van der Waals surface area contributed by atoms with Crippen LogP contribution in [0.2, 0.25) is 0 Å². The van der Waals surface area contributed by atoms with Gasteiger partial charge in [0.15, 0.2) is 11.5 Å². The molecule has 0 saturated carbocycles. The molecular weight excluding hydrogens is 431 g/mol. The molecule has 0 unspecified atom stereocenters. The second-order valence-corrected chi connectivity index (χ2v) is 6.63. The molecule has 0 aliphatic rings. The molecule has 1 aromatic heterocycles. The van der Waals surface area contributed by atoms with Gasteiger partial charge >= 0.3 is 5.97 Å². The van der Waals surface area contributed by atoms with E-state index in [1.54, 1.807) is 25.1 Å². The number of carbonyl (C=O) groups excluding carboxylic acids is 1. The van der Waals surface area contributed by atoms with Crippen LogP contribution < -0.4 is 14.8 Å². The summed E-state index contributed by atoms with van der Waals surface area (Å²) in [6.45, 7) is 2.10. The van der Waals surface area contributed by atoms with E-state index < -0.39 is 17.7 Å². The van der Waals surface area contributed by atoms with Crippen molar-refractivity contribution in [3.63, 3.8) is 0 Å². The summed E-state index contributed by atoms with van der Waals surface area (Å²) >= 11 is 0. The largest absolute Gasteiger partial charge is 0.490 e. The molecule has 0 saturated heterocycles. The molecule has 0 radical (unpaired) electrons. The summed E-state index contributed by atoms with van der Waals surface area (Å²) < 4.78 is 29.5. The summed E-state index contributed by atoms with van der Waals surface area (Å²) in [5.74, 6) is -1.39. The summed E-state index contributed by atoms with van der Waals surface area (Å²) in [4.78, 5) is 23.3. The number of anilines is 1. The van der Waals surface area contributed by atoms with Crippen LogP contribution in [-0.4, -0.2) is 23.6 Å². The van der Waals surface area contributed by atoms with Gasteiger partial charge in [-0.3, -0.25) is 4.79 Å². The molecule has 0 aliphatic carbocycles. The minimum Gasteiger partial charge on any atom is -0.490 e. The lowest BCUT2D eigenvalue weighted by molar-refractivity contribution is -0.112. The molecule has 0 atom stereocenters. The number of carboxylic acids is 1. The fourth-order valence-corrected chi connectivity index (χ4v) is 2.77. The Bertz CT molecular complexity index is 1220. The number of halogens is 1. The first kappa shape index (κ1) is 23.1. The van der Waals surface area contributed by atoms with Gasteiger partial charge < -0.3 is 24.3 Å². The lowest BCUT2D eigenvalue weighted by atomic mass is 10.1. The first-order valence-corrected chi connectivity index (χ1v) is 9.80. The quantitative estimate of drug-likeness (QED) is 0.360. The summed E-state index contributed by atoms with van der Waals surface area (Å²) in [6.07, 6.45) is 1.39. The highest BCUT2D eigenvalue weighted by atomic mass is 19.1. The fourth-order valence-electron chi connectivity index (χ4n) is 2.77. The number of rotatable bonds is 9. The smallest absolute Gasteiger partial charge is 0.371 e. The lowest BCUT2D eigenvalue weighted by Gasteiger charge is -2.12. The van der Waals surface area contributed by atoms with Crippen LogP contribution in [0.4, 0.5) is 10.1 Å². The number of carbonyl (C=O) groups is 2. The summed E-state index contributed by atoms with van der Waals surface area (Å²) in [7, 11) is 0. The first-order chi connectivity index (χ1) is 15.9. The number of ether oxygens (including phenoxy) is 2. The second kappa shape index (κ2) is 10.6. The molecule has 1 heterocycles. The number of nitrogens with one attached hydrogen (secondary N) is 1. The van der Waals surface area contributed by atoms with Crippen molar-refractivity contribution in [2.24, 2.45) is 0 Å². The average Bonchev–Trinajstić information content (AvgIpc) is 3.28. The summed E-state index contributed by atoms with van der Waals surface area (Å²) in [5, 5.41) is 20.9. The molecule has 8 nitrogen and oxygen atoms in total. The number of carboxylic acid groups (broad SMARTS) is 1. The van der Waals surface area contributed by atoms with Crippen molar-refractivity contribution >= 4 is 23.6 Å². The standard InChI is InChI=1S/C24H19FN2O6/c1-2-31-22-12-15(3-9-20(22)32-14-19-8-10-21(33-19)24(29)30)11-16(13-26)23(28)27-18-6-4-17(25)5-7-18/h3-12H,2,14H2,1H3,(H,27,28)(H,29,30). The van der Waals surface area contributed by atoms with Crippen LogP contribution in [0.3, 0.4) is 0 Å². The molecule has 0 aliphatic heterocycles. The molecule has 0 spiro atoms. The van der Waals surface area contributed by atoms with E-state index in [9.17, 15) is 19.2 Å². The number of hydrogen-bond acceptors (Lipinski definition) is 6. The van der Waals surface area contributed by atoms with E-state index >= 15 is 0 Å². The first-order valence-electron chi connectivity index (χ1n) is 9.80. The highest BCUT2D eigenvalue weighted by Crippen LogP contribution is 2.30. The van der Waals surface area contributed by atoms with Crippen molar-refractivity contribution in [2.45, 2.75) is 13.5 Å². The summed E-state index contributed by atoms with van der Waals surface area (Å²) in [6, 6.07) is 14.7. The Morgan fingerprint density at radius 3 is 2.52 bits per heavy atom. The molecule has 2 aromatic carbocycles. The van der Waals surface area contributed by atoms with Crippen LogP contribution in [0.1, 0.15) is 28.8 Å². The highest BCUT2D eigenvalue weighted by Gasteiger charge is 2.13. The predicted molar refractivity (Wildman–Crippen MR) is 116 cm³/mol. The van der Waals surface area contributed by atoms with Crippen LogP contribution in [0.25, 0.3) is 6.08 Å². The lowest BCUT2D eigenvalue weighted by Crippen LogP contribution is -2.13. The molecule has 0 bridgehead atoms. The van der Waals surface area contributed by atoms with Crippen LogP contribution >= 0.6 is 0 Å². The van der Waals surface area contributed by atoms with Gasteiger partial charge in [0.05, 0.1) is 6.61 Å². The average molecular weight is 450 g/mol. The zero-order valence-electron chi connectivity index (χ0n) is 17.5. The van der Waals surface area contributed by atoms with Gasteiger partial charge in [-0.1, -0.05) is 6.07 Å². The number of nitrogens with zero attached hydrogens (tertiary/aromatic N) is 1. The van der Waals surface area contributed by atoms with Crippen LogP contribution in [0.5, 0.6) is 11.5 Å². The molecule has 2 N–H and O–H groups in total. The number of aromatic carboxylic acids is 1. The number of hydrogen-bond donors (Lipinski definition) is 2. The number of nitriles is 1. The van der Waals surface area contributed by atoms with Gasteiger partial charge in [0.2, 0.25) is 5.76 Å². The maximum Gasteiger partial charge on any atom is 0.371 e. The molecule has 3 aromatic rings. The van der Waals surface area contributed by atoms with Crippen LogP contribution in [0.15, 0.2) is 64.6 Å². The Balaban J connectivity index is 1.76. The summed E-state index contributed by atoms with van der Waals surface area (Å²) in [5.41, 5.74) is 0.709. The van der Waals surface area contributed by atoms with Crippen molar-refractivity contribution in [1.82, 2.24) is 0 Å². The number of furan rings is 1. The third-order valence-corrected chi connectivity index (χ3v) is 4.29. The van der Waals surface area contributed by atoms with E-state index in [1.807, 2.05) is 6.07 Å². The third kappa shape index (κ3) is 6.21. The van der Waals surface area contributed by atoms with Gasteiger partial charge in [-0.05, 0) is 67.1 Å². The van der Waals surface area contributed by atoms with E-state index in [1.165, 1.54) is 42.5 Å². The Morgan fingerprint density at radius 1 is 1.12 bits per heavy atom. The number of amides is 1. The minimum absolute atomic E-state index is 0.0218. The van der Waals surface area contributed by atoms with Crippen LogP contribution in [-0.2, 0) is 11.4 Å². The van der Waals surface area contributed by atoms with Crippen molar-refractivity contribution in [3.8, 4) is 17.6 Å². The van der Waals surface area contributed by atoms with Gasteiger partial charge in [-0.25, -0.2) is 9.18 Å². The van der Waals surface area contributed by atoms with E-state index in [-0.39, 0.29) is 17.9 Å². The predicted octanol–water partition coefficient (Wildman–Crippen LogP) is 4.64. The molecule has 9 heteroatoms. The van der Waals surface area contributed by atoms with Crippen LogP contribution in [0, 0.1) is 17.1 Å². The van der Waals surface area contributed by atoms with Crippen molar-refractivity contribution in [3.05, 3.63) is 83.1 Å². The molecule has 0 fully saturated rings. The normalized spacial score (nSPS) is 10.9. The van der Waals surface area contributed by atoms with E-state index in [0.29, 0.717) is 35.1 Å². The zero-order chi connectivity index (χ0) is 23.8. The Morgan fingerprint density at radius 2 is 1.88 bits per heavy atom. The zero-order valence-corrected chi connectivity index (χ0v) is 17.5. The second-order valence-electron chi connectivity index (χ2n) is 6.63. The maximum atomic E-state index is 13.0. The minimum atomic E-state index is -1.18. The topological polar surface area (TPSA) is 122 Å². The Labute approximate surface area is 188 Å². The van der Waals surface area contributed by atoms with E-state index in [0.717, 1.165) is 0 Å². The molecule has 33 heavy (non-hydrogen) atoms.